The maximum atomic E-state index is 12.9. The van der Waals surface area contributed by atoms with E-state index >= 15 is 0 Å². The molecule has 26 heavy (non-hydrogen) atoms. The van der Waals surface area contributed by atoms with Crippen LogP contribution in [0.2, 0.25) is 0 Å². The fraction of sp³-hybridized carbons (Fsp3) is 0.650. The third-order valence-corrected chi connectivity index (χ3v) is 6.43. The molecule has 2 aliphatic carbocycles. The van der Waals surface area contributed by atoms with Gasteiger partial charge >= 0.3 is 12.6 Å². The fourth-order valence-corrected chi connectivity index (χ4v) is 5.71. The van der Waals surface area contributed by atoms with E-state index in [9.17, 15) is 13.6 Å². The molecule has 1 aromatic rings. The van der Waals surface area contributed by atoms with Crippen molar-refractivity contribution in [2.45, 2.75) is 58.7 Å². The maximum absolute atomic E-state index is 12.9. The predicted octanol–water partition coefficient (Wildman–Crippen LogP) is 5.31. The molecule has 3 nitrogen and oxygen atoms in total. The molecule has 0 aromatic heterocycles. The highest BCUT2D eigenvalue weighted by atomic mass is 79.9. The van der Waals surface area contributed by atoms with Crippen LogP contribution in [0.25, 0.3) is 0 Å². The highest BCUT2D eigenvalue weighted by Gasteiger charge is 2.55. The van der Waals surface area contributed by atoms with Crippen LogP contribution in [0.15, 0.2) is 22.7 Å². The minimum Gasteiger partial charge on any atom is -0.466 e. The van der Waals surface area contributed by atoms with Crippen LogP contribution in [0.4, 0.5) is 8.78 Å². The van der Waals surface area contributed by atoms with Gasteiger partial charge in [-0.3, -0.25) is 4.79 Å². The molecule has 0 amide bonds. The molecule has 6 heteroatoms. The van der Waals surface area contributed by atoms with Gasteiger partial charge in [-0.25, -0.2) is 0 Å². The lowest BCUT2D eigenvalue weighted by Gasteiger charge is -2.47. The fourth-order valence-electron chi connectivity index (χ4n) is 5.34. The van der Waals surface area contributed by atoms with Crippen molar-refractivity contribution in [2.24, 2.45) is 17.3 Å². The Kier molecular flexibility index (Phi) is 5.73. The highest BCUT2D eigenvalue weighted by Crippen LogP contribution is 2.58. The molecule has 0 radical (unpaired) electrons. The topological polar surface area (TPSA) is 35.5 Å². The van der Waals surface area contributed by atoms with Gasteiger partial charge < -0.3 is 9.47 Å². The smallest absolute Gasteiger partial charge is 0.345 e. The Hall–Kier alpha value is -1.01. The normalized spacial score (nSPS) is 33.5. The number of hydrogen-bond donors (Lipinski definition) is 0. The number of carbonyl (C=O) groups excluding carboxylic acids is 1. The van der Waals surface area contributed by atoms with Gasteiger partial charge in [0.25, 0.3) is 0 Å². The summed E-state index contributed by atoms with van der Waals surface area (Å²) >= 11 is 3.50. The van der Waals surface area contributed by atoms with Gasteiger partial charge in [0.05, 0.1) is 18.6 Å². The standard InChI is InChI=1S/C20H25BrF2O3/c1-4-25-18(24)16-15-7-14(21)6-5-13(15)10-20(16)8-11(2)17(12(3)9-20)26-19(22)23/h5-7,11-12,16-17,19H,4,8-10H2,1-3H3/t11-,12+,16-,17?,20?/m0/s1. The molecule has 2 unspecified atom stereocenters. The van der Waals surface area contributed by atoms with E-state index in [0.717, 1.165) is 22.0 Å². The molecule has 0 saturated heterocycles. The Morgan fingerprint density at radius 1 is 1.31 bits per heavy atom. The molecule has 0 N–H and O–H groups in total. The first kappa shape index (κ1) is 19.7. The van der Waals surface area contributed by atoms with Gasteiger partial charge in [0.1, 0.15) is 0 Å². The van der Waals surface area contributed by atoms with Crippen LogP contribution >= 0.6 is 15.9 Å². The van der Waals surface area contributed by atoms with E-state index in [1.165, 1.54) is 0 Å². The van der Waals surface area contributed by atoms with Crippen molar-refractivity contribution in [3.63, 3.8) is 0 Å². The van der Waals surface area contributed by atoms with Crippen molar-refractivity contribution < 1.29 is 23.0 Å². The van der Waals surface area contributed by atoms with Crippen LogP contribution in [-0.4, -0.2) is 25.3 Å². The van der Waals surface area contributed by atoms with Crippen LogP contribution < -0.4 is 0 Å². The number of ether oxygens (including phenoxy) is 2. The van der Waals surface area contributed by atoms with Crippen LogP contribution in [0.3, 0.4) is 0 Å². The number of hydrogen-bond acceptors (Lipinski definition) is 3. The number of rotatable bonds is 4. The average molecular weight is 431 g/mol. The Bertz CT molecular complexity index is 667. The third-order valence-electron chi connectivity index (χ3n) is 5.93. The zero-order valence-electron chi connectivity index (χ0n) is 15.3. The van der Waals surface area contributed by atoms with E-state index in [0.29, 0.717) is 19.4 Å². The largest absolute Gasteiger partial charge is 0.466 e. The summed E-state index contributed by atoms with van der Waals surface area (Å²) in [5, 5.41) is 0. The molecule has 0 aliphatic heterocycles. The minimum atomic E-state index is -2.77. The van der Waals surface area contributed by atoms with Crippen LogP contribution in [0.5, 0.6) is 0 Å². The second kappa shape index (κ2) is 7.55. The molecule has 144 valence electrons. The van der Waals surface area contributed by atoms with Crippen LogP contribution in [-0.2, 0) is 20.7 Å². The molecule has 1 saturated carbocycles. The van der Waals surface area contributed by atoms with Gasteiger partial charge in [0, 0.05) is 4.47 Å². The van der Waals surface area contributed by atoms with Crippen LogP contribution in [0, 0.1) is 17.3 Å². The molecule has 1 aromatic carbocycles. The maximum Gasteiger partial charge on any atom is 0.345 e. The second-order valence-electron chi connectivity index (χ2n) is 7.79. The van der Waals surface area contributed by atoms with Crippen molar-refractivity contribution in [1.82, 2.24) is 0 Å². The van der Waals surface area contributed by atoms with Crippen molar-refractivity contribution in [2.75, 3.05) is 6.61 Å². The zero-order valence-corrected chi connectivity index (χ0v) is 16.9. The van der Waals surface area contributed by atoms with E-state index in [-0.39, 0.29) is 29.1 Å². The van der Waals surface area contributed by atoms with Crippen molar-refractivity contribution in [3.8, 4) is 0 Å². The van der Waals surface area contributed by atoms with Gasteiger partial charge in [-0.05, 0) is 66.7 Å². The minimum absolute atomic E-state index is 0.0533. The van der Waals surface area contributed by atoms with Crippen molar-refractivity contribution >= 4 is 21.9 Å². The Morgan fingerprint density at radius 3 is 2.54 bits per heavy atom. The monoisotopic (exact) mass is 430 g/mol. The van der Waals surface area contributed by atoms with E-state index in [1.54, 1.807) is 6.92 Å². The van der Waals surface area contributed by atoms with Gasteiger partial charge in [0.15, 0.2) is 0 Å². The summed E-state index contributed by atoms with van der Waals surface area (Å²) in [6.45, 7) is 3.27. The molecule has 1 fully saturated rings. The Labute approximate surface area is 161 Å². The number of fused-ring (bicyclic) bond motifs is 1. The van der Waals surface area contributed by atoms with Gasteiger partial charge in [-0.1, -0.05) is 35.8 Å². The summed E-state index contributed by atoms with van der Waals surface area (Å²) in [5.41, 5.74) is 1.86. The molecule has 5 atom stereocenters. The van der Waals surface area contributed by atoms with E-state index in [2.05, 4.69) is 22.0 Å². The summed E-state index contributed by atoms with van der Waals surface area (Å²) in [6.07, 6.45) is 1.63. The molecule has 0 bridgehead atoms. The SMILES string of the molecule is CCOC(=O)[C@@H]1c2cc(Br)ccc2CC12C[C@@H](C)C(OC(F)F)[C@@H](C)C2. The number of esters is 1. The average Bonchev–Trinajstić information content (AvgIpc) is 2.83. The molecule has 0 heterocycles. The third kappa shape index (κ3) is 3.55. The summed E-state index contributed by atoms with van der Waals surface area (Å²) in [4.78, 5) is 12.9. The molecule has 3 rings (SSSR count). The highest BCUT2D eigenvalue weighted by molar-refractivity contribution is 9.10. The summed E-state index contributed by atoms with van der Waals surface area (Å²) in [6, 6.07) is 6.04. The second-order valence-corrected chi connectivity index (χ2v) is 8.71. The molecular formula is C20H25BrF2O3. The summed E-state index contributed by atoms with van der Waals surface area (Å²) < 4.78 is 36.8. The van der Waals surface area contributed by atoms with Crippen LogP contribution in [0.1, 0.15) is 50.7 Å². The molecular weight excluding hydrogens is 406 g/mol. The van der Waals surface area contributed by atoms with E-state index in [4.69, 9.17) is 9.47 Å². The van der Waals surface area contributed by atoms with Gasteiger partial charge in [0.2, 0.25) is 0 Å². The zero-order chi connectivity index (χ0) is 19.1. The first-order chi connectivity index (χ1) is 12.3. The Balaban J connectivity index is 1.96. The first-order valence-corrected chi connectivity index (χ1v) is 9.95. The van der Waals surface area contributed by atoms with Crippen molar-refractivity contribution in [1.29, 1.82) is 0 Å². The predicted molar refractivity (Wildman–Crippen MR) is 98.1 cm³/mol. The van der Waals surface area contributed by atoms with Crippen molar-refractivity contribution in [3.05, 3.63) is 33.8 Å². The lowest BCUT2D eigenvalue weighted by Crippen LogP contribution is -2.46. The summed E-state index contributed by atoms with van der Waals surface area (Å²) in [7, 11) is 0. The van der Waals surface area contributed by atoms with E-state index < -0.39 is 12.7 Å². The molecule has 1 spiro atoms. The summed E-state index contributed by atoms with van der Waals surface area (Å²) in [5.74, 6) is -0.672. The Morgan fingerprint density at radius 2 is 1.96 bits per heavy atom. The quantitative estimate of drug-likeness (QED) is 0.606. The van der Waals surface area contributed by atoms with Gasteiger partial charge in [-0.2, -0.15) is 8.78 Å². The lowest BCUT2D eigenvalue weighted by atomic mass is 9.59. The van der Waals surface area contributed by atoms with E-state index in [1.807, 2.05) is 26.0 Å². The first-order valence-electron chi connectivity index (χ1n) is 9.16. The number of halogens is 3. The number of benzene rings is 1. The lowest BCUT2D eigenvalue weighted by molar-refractivity contribution is -0.206. The van der Waals surface area contributed by atoms with Gasteiger partial charge in [-0.15, -0.1) is 0 Å². The molecule has 2 aliphatic rings. The number of carbonyl (C=O) groups is 1. The number of alkyl halides is 2.